The van der Waals surface area contributed by atoms with E-state index in [1.165, 1.54) is 6.07 Å². The van der Waals surface area contributed by atoms with Gasteiger partial charge < -0.3 is 10.3 Å². The van der Waals surface area contributed by atoms with Crippen molar-refractivity contribution in [2.75, 3.05) is 0 Å². The normalized spacial score (nSPS) is 10.6. The quantitative estimate of drug-likeness (QED) is 0.897. The summed E-state index contributed by atoms with van der Waals surface area (Å²) in [5.41, 5.74) is 7.45. The van der Waals surface area contributed by atoms with Gasteiger partial charge in [0.25, 0.3) is 5.56 Å². The molecule has 0 saturated carbocycles. The third kappa shape index (κ3) is 2.49. The summed E-state index contributed by atoms with van der Waals surface area (Å²) in [7, 11) is 0. The van der Waals surface area contributed by atoms with Crippen molar-refractivity contribution in [1.82, 2.24) is 4.57 Å². The first-order valence-electron chi connectivity index (χ1n) is 5.75. The SMILES string of the molecule is Cc1cccn(Cc2ccc(F)c(CN)c2)c1=O. The van der Waals surface area contributed by atoms with Crippen LogP contribution in [0.5, 0.6) is 0 Å². The average molecular weight is 246 g/mol. The van der Waals surface area contributed by atoms with E-state index in [0.717, 1.165) is 5.56 Å². The second kappa shape index (κ2) is 5.14. The average Bonchev–Trinajstić information content (AvgIpc) is 2.37. The Morgan fingerprint density at radius 2 is 2.11 bits per heavy atom. The molecule has 3 nitrogen and oxygen atoms in total. The number of rotatable bonds is 3. The number of nitrogens with two attached hydrogens (primary N) is 1. The van der Waals surface area contributed by atoms with E-state index in [0.29, 0.717) is 17.7 Å². The fourth-order valence-electron chi connectivity index (χ4n) is 1.86. The molecule has 18 heavy (non-hydrogen) atoms. The first kappa shape index (κ1) is 12.5. The predicted molar refractivity (Wildman–Crippen MR) is 68.8 cm³/mol. The molecule has 2 rings (SSSR count). The summed E-state index contributed by atoms with van der Waals surface area (Å²) in [6.07, 6.45) is 1.72. The maximum atomic E-state index is 13.3. The summed E-state index contributed by atoms with van der Waals surface area (Å²) in [5, 5.41) is 0. The van der Waals surface area contributed by atoms with Crippen LogP contribution in [0.15, 0.2) is 41.3 Å². The van der Waals surface area contributed by atoms with Crippen molar-refractivity contribution >= 4 is 0 Å². The molecule has 1 aromatic carbocycles. The third-order valence-corrected chi connectivity index (χ3v) is 2.89. The van der Waals surface area contributed by atoms with E-state index >= 15 is 0 Å². The molecule has 0 unspecified atom stereocenters. The van der Waals surface area contributed by atoms with Crippen molar-refractivity contribution in [3.63, 3.8) is 0 Å². The van der Waals surface area contributed by atoms with Crippen molar-refractivity contribution in [1.29, 1.82) is 0 Å². The first-order valence-corrected chi connectivity index (χ1v) is 5.75. The van der Waals surface area contributed by atoms with Crippen LogP contribution in [0, 0.1) is 12.7 Å². The van der Waals surface area contributed by atoms with E-state index in [1.54, 1.807) is 35.9 Å². The van der Waals surface area contributed by atoms with Crippen LogP contribution in [0.3, 0.4) is 0 Å². The fraction of sp³-hybridized carbons (Fsp3) is 0.214. The van der Waals surface area contributed by atoms with Crippen LogP contribution >= 0.6 is 0 Å². The Morgan fingerprint density at radius 1 is 1.33 bits per heavy atom. The van der Waals surface area contributed by atoms with Gasteiger partial charge in [-0.2, -0.15) is 0 Å². The minimum atomic E-state index is -0.308. The minimum absolute atomic E-state index is 0.0314. The van der Waals surface area contributed by atoms with E-state index in [9.17, 15) is 9.18 Å². The number of pyridine rings is 1. The molecule has 0 aliphatic carbocycles. The molecule has 94 valence electrons. The molecule has 0 saturated heterocycles. The van der Waals surface area contributed by atoms with E-state index in [-0.39, 0.29) is 17.9 Å². The van der Waals surface area contributed by atoms with Gasteiger partial charge in [0.1, 0.15) is 5.82 Å². The predicted octanol–water partition coefficient (Wildman–Crippen LogP) is 1.80. The smallest absolute Gasteiger partial charge is 0.253 e. The molecule has 0 amide bonds. The highest BCUT2D eigenvalue weighted by Gasteiger charge is 2.04. The molecular weight excluding hydrogens is 231 g/mol. The number of hydrogen-bond acceptors (Lipinski definition) is 2. The summed E-state index contributed by atoms with van der Waals surface area (Å²) in [4.78, 5) is 11.9. The van der Waals surface area contributed by atoms with Crippen LogP contribution in [-0.4, -0.2) is 4.57 Å². The summed E-state index contributed by atoms with van der Waals surface area (Å²) in [6, 6.07) is 8.35. The second-order valence-corrected chi connectivity index (χ2v) is 4.25. The Labute approximate surface area is 105 Å². The zero-order chi connectivity index (χ0) is 13.1. The molecule has 1 heterocycles. The van der Waals surface area contributed by atoms with Crippen molar-refractivity contribution in [2.45, 2.75) is 20.0 Å². The monoisotopic (exact) mass is 246 g/mol. The van der Waals surface area contributed by atoms with Gasteiger partial charge in [0.15, 0.2) is 0 Å². The van der Waals surface area contributed by atoms with Gasteiger partial charge in [-0.15, -0.1) is 0 Å². The van der Waals surface area contributed by atoms with Crippen molar-refractivity contribution in [3.05, 3.63) is 69.4 Å². The van der Waals surface area contributed by atoms with Crippen LogP contribution in [0.25, 0.3) is 0 Å². The molecule has 0 aliphatic rings. The van der Waals surface area contributed by atoms with Crippen molar-refractivity contribution < 1.29 is 4.39 Å². The molecule has 0 bridgehead atoms. The zero-order valence-electron chi connectivity index (χ0n) is 10.2. The highest BCUT2D eigenvalue weighted by Crippen LogP contribution is 2.10. The fourth-order valence-corrected chi connectivity index (χ4v) is 1.86. The number of benzene rings is 1. The standard InChI is InChI=1S/C14H15FN2O/c1-10-3-2-6-17(14(10)18)9-11-4-5-13(15)12(7-11)8-16/h2-7H,8-9,16H2,1H3. The molecule has 1 aromatic heterocycles. The van der Waals surface area contributed by atoms with Crippen LogP contribution in [0.2, 0.25) is 0 Å². The molecule has 0 atom stereocenters. The molecule has 2 N–H and O–H groups in total. The van der Waals surface area contributed by atoms with Gasteiger partial charge in [-0.05, 0) is 30.7 Å². The Morgan fingerprint density at radius 3 is 2.83 bits per heavy atom. The summed E-state index contributed by atoms with van der Waals surface area (Å²) in [6.45, 7) is 2.35. The molecule has 0 radical (unpaired) electrons. The van der Waals surface area contributed by atoms with E-state index in [1.807, 2.05) is 6.07 Å². The largest absolute Gasteiger partial charge is 0.326 e. The highest BCUT2D eigenvalue weighted by molar-refractivity contribution is 5.25. The Balaban J connectivity index is 2.34. The lowest BCUT2D eigenvalue weighted by atomic mass is 10.1. The first-order chi connectivity index (χ1) is 8.61. The van der Waals surface area contributed by atoms with E-state index in [2.05, 4.69) is 0 Å². The number of hydrogen-bond donors (Lipinski definition) is 1. The molecule has 0 spiro atoms. The van der Waals surface area contributed by atoms with E-state index < -0.39 is 0 Å². The number of halogens is 1. The maximum Gasteiger partial charge on any atom is 0.253 e. The lowest BCUT2D eigenvalue weighted by Gasteiger charge is -2.08. The van der Waals surface area contributed by atoms with Gasteiger partial charge >= 0.3 is 0 Å². The topological polar surface area (TPSA) is 48.0 Å². The molecular formula is C14H15FN2O. The van der Waals surface area contributed by atoms with Crippen molar-refractivity contribution in [2.24, 2.45) is 5.73 Å². The lowest BCUT2D eigenvalue weighted by molar-refractivity contribution is 0.608. The van der Waals surface area contributed by atoms with Gasteiger partial charge in [0.2, 0.25) is 0 Å². The number of aryl methyl sites for hydroxylation is 1. The van der Waals surface area contributed by atoms with Crippen LogP contribution in [0.1, 0.15) is 16.7 Å². The minimum Gasteiger partial charge on any atom is -0.326 e. The number of nitrogens with zero attached hydrogens (tertiary/aromatic N) is 1. The van der Waals surface area contributed by atoms with Gasteiger partial charge in [0, 0.05) is 23.9 Å². The Kier molecular flexibility index (Phi) is 3.58. The highest BCUT2D eigenvalue weighted by atomic mass is 19.1. The van der Waals surface area contributed by atoms with Gasteiger partial charge in [-0.3, -0.25) is 4.79 Å². The van der Waals surface area contributed by atoms with Gasteiger partial charge in [0.05, 0.1) is 6.54 Å². The Hall–Kier alpha value is -1.94. The van der Waals surface area contributed by atoms with Gasteiger partial charge in [-0.25, -0.2) is 4.39 Å². The Bertz CT molecular complexity index is 619. The summed E-state index contributed by atoms with van der Waals surface area (Å²) in [5.74, 6) is -0.308. The lowest BCUT2D eigenvalue weighted by Crippen LogP contribution is -2.21. The number of aromatic nitrogens is 1. The molecule has 0 aliphatic heterocycles. The van der Waals surface area contributed by atoms with Crippen LogP contribution < -0.4 is 11.3 Å². The van der Waals surface area contributed by atoms with Gasteiger partial charge in [-0.1, -0.05) is 12.1 Å². The van der Waals surface area contributed by atoms with Crippen LogP contribution in [0.4, 0.5) is 4.39 Å². The van der Waals surface area contributed by atoms with Crippen LogP contribution in [-0.2, 0) is 13.1 Å². The molecule has 0 fully saturated rings. The van der Waals surface area contributed by atoms with E-state index in [4.69, 9.17) is 5.73 Å². The zero-order valence-corrected chi connectivity index (χ0v) is 10.2. The summed E-state index contributed by atoms with van der Waals surface area (Å²) < 4.78 is 14.9. The summed E-state index contributed by atoms with van der Waals surface area (Å²) >= 11 is 0. The third-order valence-electron chi connectivity index (χ3n) is 2.89. The molecule has 2 aromatic rings. The maximum absolute atomic E-state index is 13.3. The molecule has 4 heteroatoms. The second-order valence-electron chi connectivity index (χ2n) is 4.25. The van der Waals surface area contributed by atoms with Crippen molar-refractivity contribution in [3.8, 4) is 0 Å².